The third kappa shape index (κ3) is 17.3. The monoisotopic (exact) mass is 527 g/mol. The first-order chi connectivity index (χ1) is 13.1. The Morgan fingerprint density at radius 1 is 1.07 bits per heavy atom. The molecular weight excluding hydrogens is 485 g/mol. The van der Waals surface area contributed by atoms with Crippen molar-refractivity contribution in [3.05, 3.63) is 0 Å². The van der Waals surface area contributed by atoms with Gasteiger partial charge >= 0.3 is 6.09 Å². The molecule has 0 aliphatic carbocycles. The average molecular weight is 527 g/mol. The first-order valence-electron chi connectivity index (χ1n) is 10.4. The van der Waals surface area contributed by atoms with Crippen molar-refractivity contribution in [2.24, 2.45) is 10.9 Å². The molecule has 1 atom stereocenters. The highest BCUT2D eigenvalue weighted by atomic mass is 127. The summed E-state index contributed by atoms with van der Waals surface area (Å²) in [4.78, 5) is 28.1. The third-order valence-corrected chi connectivity index (χ3v) is 3.69. The van der Waals surface area contributed by atoms with Crippen LogP contribution in [-0.4, -0.2) is 55.8 Å². The molecule has 0 aliphatic rings. The summed E-state index contributed by atoms with van der Waals surface area (Å²) < 4.78 is 5.30. The maximum atomic E-state index is 11.9. The topological polar surface area (TPSA) is 104 Å². The molecule has 29 heavy (non-hydrogen) atoms. The molecule has 0 aromatic carbocycles. The second-order valence-electron chi connectivity index (χ2n) is 8.07. The standard InChI is InChI=1S/C20H41N5O3.HI/c1-8-10-11-16(14-24-19(27)28-20(5,6)7)25-18(21-9-2)23-13-12-22-17(26)15(3)4;/h15-16H,8-14H2,1-7H3,(H,22,26)(H,24,27)(H2,21,23,25);1H. The van der Waals surface area contributed by atoms with Gasteiger partial charge < -0.3 is 26.0 Å². The van der Waals surface area contributed by atoms with Gasteiger partial charge in [0.15, 0.2) is 5.96 Å². The molecule has 0 aromatic rings. The Labute approximate surface area is 193 Å². The molecule has 0 bridgehead atoms. The number of guanidine groups is 1. The predicted octanol–water partition coefficient (Wildman–Crippen LogP) is 3.02. The van der Waals surface area contributed by atoms with Crippen LogP contribution in [0, 0.1) is 5.92 Å². The largest absolute Gasteiger partial charge is 0.444 e. The first kappa shape index (κ1) is 29.9. The number of ether oxygens (including phenoxy) is 1. The van der Waals surface area contributed by atoms with Gasteiger partial charge in [0, 0.05) is 31.6 Å². The second kappa shape index (κ2) is 16.5. The van der Waals surface area contributed by atoms with E-state index in [0.29, 0.717) is 25.6 Å². The molecular formula is C20H42IN5O3. The summed E-state index contributed by atoms with van der Waals surface area (Å²) in [5.74, 6) is 0.664. The Hall–Kier alpha value is -1.26. The van der Waals surface area contributed by atoms with E-state index in [1.54, 1.807) is 0 Å². The summed E-state index contributed by atoms with van der Waals surface area (Å²) in [5, 5.41) is 12.3. The molecule has 0 spiro atoms. The highest BCUT2D eigenvalue weighted by Crippen LogP contribution is 2.07. The van der Waals surface area contributed by atoms with Gasteiger partial charge in [0.05, 0.1) is 6.54 Å². The number of halogens is 1. The van der Waals surface area contributed by atoms with Crippen LogP contribution >= 0.6 is 24.0 Å². The summed E-state index contributed by atoms with van der Waals surface area (Å²) in [6.07, 6.45) is 2.59. The molecule has 2 amide bonds. The highest BCUT2D eigenvalue weighted by Gasteiger charge is 2.18. The fourth-order valence-electron chi connectivity index (χ4n) is 2.26. The van der Waals surface area contributed by atoms with Crippen LogP contribution in [-0.2, 0) is 9.53 Å². The van der Waals surface area contributed by atoms with Crippen molar-refractivity contribution in [2.75, 3.05) is 26.2 Å². The molecule has 8 nitrogen and oxygen atoms in total. The molecule has 0 aliphatic heterocycles. The van der Waals surface area contributed by atoms with E-state index in [-0.39, 0.29) is 41.8 Å². The Morgan fingerprint density at radius 2 is 1.72 bits per heavy atom. The number of aliphatic imine (C=N–C) groups is 1. The maximum Gasteiger partial charge on any atom is 0.407 e. The van der Waals surface area contributed by atoms with Gasteiger partial charge in [0.25, 0.3) is 0 Å². The van der Waals surface area contributed by atoms with Crippen molar-refractivity contribution in [1.29, 1.82) is 0 Å². The summed E-state index contributed by atoms with van der Waals surface area (Å²) in [7, 11) is 0. The quantitative estimate of drug-likeness (QED) is 0.143. The van der Waals surface area contributed by atoms with Gasteiger partial charge in [0.1, 0.15) is 5.60 Å². The first-order valence-corrected chi connectivity index (χ1v) is 10.4. The molecule has 0 fully saturated rings. The number of carbonyl (C=O) groups excluding carboxylic acids is 2. The highest BCUT2D eigenvalue weighted by molar-refractivity contribution is 14.0. The van der Waals surface area contributed by atoms with Crippen LogP contribution in [0.15, 0.2) is 4.99 Å². The summed E-state index contributed by atoms with van der Waals surface area (Å²) >= 11 is 0. The van der Waals surface area contributed by atoms with Crippen molar-refractivity contribution in [3.63, 3.8) is 0 Å². The zero-order valence-corrected chi connectivity index (χ0v) is 21.5. The molecule has 0 saturated carbocycles. The Balaban J connectivity index is 0. The SMILES string of the molecule is CCCCC(CNC(=O)OC(C)(C)C)NC(=NCCNC(=O)C(C)C)NCC.I. The molecule has 9 heteroatoms. The molecule has 0 saturated heterocycles. The number of carbonyl (C=O) groups is 2. The smallest absolute Gasteiger partial charge is 0.407 e. The van der Waals surface area contributed by atoms with Crippen molar-refractivity contribution in [3.8, 4) is 0 Å². The van der Waals surface area contributed by atoms with E-state index in [4.69, 9.17) is 4.74 Å². The van der Waals surface area contributed by atoms with Crippen LogP contribution in [0.5, 0.6) is 0 Å². The summed E-state index contributed by atoms with van der Waals surface area (Å²) in [6, 6.07) is 0.0375. The van der Waals surface area contributed by atoms with Crippen LogP contribution in [0.1, 0.15) is 67.7 Å². The van der Waals surface area contributed by atoms with Crippen LogP contribution in [0.3, 0.4) is 0 Å². The van der Waals surface area contributed by atoms with Crippen molar-refractivity contribution >= 4 is 41.9 Å². The number of alkyl carbamates (subject to hydrolysis) is 1. The van der Waals surface area contributed by atoms with Gasteiger partial charge in [-0.25, -0.2) is 4.79 Å². The van der Waals surface area contributed by atoms with Crippen molar-refractivity contribution in [2.45, 2.75) is 79.4 Å². The van der Waals surface area contributed by atoms with E-state index in [9.17, 15) is 9.59 Å². The maximum absolute atomic E-state index is 11.9. The lowest BCUT2D eigenvalue weighted by Gasteiger charge is -2.24. The normalized spacial score (nSPS) is 12.6. The molecule has 1 unspecified atom stereocenters. The van der Waals surface area contributed by atoms with Crippen LogP contribution in [0.25, 0.3) is 0 Å². The Morgan fingerprint density at radius 3 is 2.24 bits per heavy atom. The Kier molecular flexibility index (Phi) is 17.1. The number of amides is 2. The van der Waals surface area contributed by atoms with Crippen molar-refractivity contribution < 1.29 is 14.3 Å². The molecule has 0 heterocycles. The molecule has 0 radical (unpaired) electrons. The minimum absolute atomic E-state index is 0. The van der Waals surface area contributed by atoms with Gasteiger partial charge in [-0.15, -0.1) is 24.0 Å². The fourth-order valence-corrected chi connectivity index (χ4v) is 2.26. The van der Waals surface area contributed by atoms with Gasteiger partial charge in [-0.1, -0.05) is 33.6 Å². The minimum atomic E-state index is -0.521. The van der Waals surface area contributed by atoms with Crippen LogP contribution in [0.4, 0.5) is 4.79 Å². The van der Waals surface area contributed by atoms with E-state index in [0.717, 1.165) is 25.8 Å². The second-order valence-corrected chi connectivity index (χ2v) is 8.07. The Bertz CT molecular complexity index is 493. The van der Waals surface area contributed by atoms with E-state index >= 15 is 0 Å². The zero-order valence-electron chi connectivity index (χ0n) is 19.2. The van der Waals surface area contributed by atoms with Crippen molar-refractivity contribution in [1.82, 2.24) is 21.3 Å². The van der Waals surface area contributed by atoms with E-state index < -0.39 is 11.7 Å². The van der Waals surface area contributed by atoms with Gasteiger partial charge in [0.2, 0.25) is 5.91 Å². The zero-order chi connectivity index (χ0) is 21.6. The number of hydrogen-bond acceptors (Lipinski definition) is 4. The number of rotatable bonds is 11. The average Bonchev–Trinajstić information content (AvgIpc) is 2.59. The molecule has 0 rings (SSSR count). The lowest BCUT2D eigenvalue weighted by molar-refractivity contribution is -0.123. The van der Waals surface area contributed by atoms with E-state index in [1.165, 1.54) is 0 Å². The van der Waals surface area contributed by atoms with Gasteiger partial charge in [-0.3, -0.25) is 9.79 Å². The van der Waals surface area contributed by atoms with Gasteiger partial charge in [-0.2, -0.15) is 0 Å². The van der Waals surface area contributed by atoms with Gasteiger partial charge in [-0.05, 0) is 34.1 Å². The number of nitrogens with zero attached hydrogens (tertiary/aromatic N) is 1. The fraction of sp³-hybridized carbons (Fsp3) is 0.850. The molecule has 4 N–H and O–H groups in total. The summed E-state index contributed by atoms with van der Waals surface area (Å²) in [5.41, 5.74) is -0.521. The summed E-state index contributed by atoms with van der Waals surface area (Å²) in [6.45, 7) is 15.5. The van der Waals surface area contributed by atoms with Crippen LogP contribution in [0.2, 0.25) is 0 Å². The number of unbranched alkanes of at least 4 members (excludes halogenated alkanes) is 1. The van der Waals surface area contributed by atoms with Crippen LogP contribution < -0.4 is 21.3 Å². The lowest BCUT2D eigenvalue weighted by atomic mass is 10.1. The van der Waals surface area contributed by atoms with E-state index in [1.807, 2.05) is 41.5 Å². The molecule has 0 aromatic heterocycles. The third-order valence-electron chi connectivity index (χ3n) is 3.69. The minimum Gasteiger partial charge on any atom is -0.444 e. The van der Waals surface area contributed by atoms with E-state index in [2.05, 4.69) is 33.2 Å². The lowest BCUT2D eigenvalue weighted by Crippen LogP contribution is -2.49. The number of hydrogen-bond donors (Lipinski definition) is 4. The molecule has 172 valence electrons. The predicted molar refractivity (Wildman–Crippen MR) is 130 cm³/mol. The number of nitrogens with one attached hydrogen (secondary N) is 4.